The molecule has 3 nitrogen and oxygen atoms in total. The van der Waals surface area contributed by atoms with Crippen LogP contribution in [0.25, 0.3) is 0 Å². The number of benzene rings is 1. The molecule has 0 aliphatic heterocycles. The van der Waals surface area contributed by atoms with Crippen molar-refractivity contribution in [2.45, 2.75) is 13.0 Å². The van der Waals surface area contributed by atoms with Crippen LogP contribution in [0.1, 0.15) is 28.2 Å². The monoisotopic (exact) mass is 339 g/mol. The average Bonchev–Trinajstić information content (AvgIpc) is 2.85. The summed E-state index contributed by atoms with van der Waals surface area (Å²) in [5.41, 5.74) is 1.05. The summed E-state index contributed by atoms with van der Waals surface area (Å²) in [7, 11) is 1.63. The largest absolute Gasteiger partial charge is 0.497 e. The van der Waals surface area contributed by atoms with E-state index in [0.29, 0.717) is 4.88 Å². The molecule has 0 bridgehead atoms. The van der Waals surface area contributed by atoms with Gasteiger partial charge in [0.25, 0.3) is 5.91 Å². The van der Waals surface area contributed by atoms with Crippen molar-refractivity contribution < 1.29 is 9.53 Å². The van der Waals surface area contributed by atoms with E-state index in [1.807, 2.05) is 43.3 Å². The molecule has 0 radical (unpaired) electrons. The maximum absolute atomic E-state index is 12.0. The minimum absolute atomic E-state index is 0.0423. The summed E-state index contributed by atoms with van der Waals surface area (Å²) in [4.78, 5) is 12.7. The summed E-state index contributed by atoms with van der Waals surface area (Å²) in [5.74, 6) is 0.753. The molecule has 0 aliphatic rings. The molecule has 1 atom stereocenters. The number of thiophene rings is 1. The maximum atomic E-state index is 12.0. The van der Waals surface area contributed by atoms with E-state index in [2.05, 4.69) is 21.2 Å². The van der Waals surface area contributed by atoms with Crippen molar-refractivity contribution in [1.82, 2.24) is 5.32 Å². The smallest absolute Gasteiger partial charge is 0.261 e. The lowest BCUT2D eigenvalue weighted by Crippen LogP contribution is -2.25. The van der Waals surface area contributed by atoms with Crippen LogP contribution in [0.3, 0.4) is 0 Å². The molecule has 1 aromatic heterocycles. The molecule has 2 aromatic rings. The van der Waals surface area contributed by atoms with Gasteiger partial charge in [-0.1, -0.05) is 12.1 Å². The van der Waals surface area contributed by atoms with Gasteiger partial charge in [-0.05, 0) is 52.7 Å². The summed E-state index contributed by atoms with van der Waals surface area (Å²) < 4.78 is 6.06. The van der Waals surface area contributed by atoms with Crippen molar-refractivity contribution in [3.63, 3.8) is 0 Å². The Bertz CT molecular complexity index is 565. The number of halogens is 1. The Morgan fingerprint density at radius 2 is 1.95 bits per heavy atom. The molecule has 0 fully saturated rings. The SMILES string of the molecule is COc1ccc(C(C)NC(=O)c2ccc(Br)s2)cc1. The normalized spacial score (nSPS) is 11.9. The number of methoxy groups -OCH3 is 1. The first kappa shape index (κ1) is 14.1. The van der Waals surface area contributed by atoms with Crippen LogP contribution in [0.15, 0.2) is 40.2 Å². The van der Waals surface area contributed by atoms with Gasteiger partial charge in [-0.3, -0.25) is 4.79 Å². The molecule has 1 unspecified atom stereocenters. The van der Waals surface area contributed by atoms with Crippen LogP contribution in [0.2, 0.25) is 0 Å². The van der Waals surface area contributed by atoms with Gasteiger partial charge in [0.15, 0.2) is 0 Å². The van der Waals surface area contributed by atoms with E-state index in [-0.39, 0.29) is 11.9 Å². The second kappa shape index (κ2) is 6.21. The van der Waals surface area contributed by atoms with Crippen LogP contribution in [0, 0.1) is 0 Å². The van der Waals surface area contributed by atoms with Crippen LogP contribution in [0.5, 0.6) is 5.75 Å². The molecule has 19 heavy (non-hydrogen) atoms. The molecule has 5 heteroatoms. The van der Waals surface area contributed by atoms with E-state index >= 15 is 0 Å². The minimum Gasteiger partial charge on any atom is -0.497 e. The molecule has 100 valence electrons. The molecule has 0 aliphatic carbocycles. The van der Waals surface area contributed by atoms with Crippen LogP contribution >= 0.6 is 27.3 Å². The molecule has 1 amide bonds. The highest BCUT2D eigenvalue weighted by atomic mass is 79.9. The molecular weight excluding hydrogens is 326 g/mol. The first-order chi connectivity index (χ1) is 9.10. The predicted molar refractivity (Wildman–Crippen MR) is 80.9 cm³/mol. The van der Waals surface area contributed by atoms with Crippen LogP contribution < -0.4 is 10.1 Å². The summed E-state index contributed by atoms with van der Waals surface area (Å²) >= 11 is 4.78. The average molecular weight is 340 g/mol. The number of ether oxygens (including phenoxy) is 1. The molecule has 0 spiro atoms. The first-order valence-corrected chi connectivity index (χ1v) is 7.41. The number of hydrogen-bond acceptors (Lipinski definition) is 3. The van der Waals surface area contributed by atoms with Gasteiger partial charge >= 0.3 is 0 Å². The number of carbonyl (C=O) groups excluding carboxylic acids is 1. The van der Waals surface area contributed by atoms with Gasteiger partial charge in [-0.2, -0.15) is 0 Å². The Balaban J connectivity index is 2.03. The molecule has 0 saturated heterocycles. The molecular formula is C14H14BrNO2S. The number of rotatable bonds is 4. The first-order valence-electron chi connectivity index (χ1n) is 5.80. The van der Waals surface area contributed by atoms with E-state index in [4.69, 9.17) is 4.74 Å². The van der Waals surface area contributed by atoms with Crippen LogP contribution in [0.4, 0.5) is 0 Å². The highest BCUT2D eigenvalue weighted by Gasteiger charge is 2.13. The fourth-order valence-electron chi connectivity index (χ4n) is 1.68. The van der Waals surface area contributed by atoms with Gasteiger partial charge in [0.05, 0.1) is 21.8 Å². The lowest BCUT2D eigenvalue weighted by atomic mass is 10.1. The third-order valence-corrected chi connectivity index (χ3v) is 4.38. The Morgan fingerprint density at radius 1 is 1.26 bits per heavy atom. The molecule has 2 rings (SSSR count). The van der Waals surface area contributed by atoms with E-state index in [9.17, 15) is 4.79 Å². The Kier molecular flexibility index (Phi) is 4.61. The van der Waals surface area contributed by atoms with Crippen molar-refractivity contribution >= 4 is 33.2 Å². The van der Waals surface area contributed by atoms with E-state index in [1.54, 1.807) is 7.11 Å². The highest BCUT2D eigenvalue weighted by Crippen LogP contribution is 2.23. The molecule has 0 saturated carbocycles. The quantitative estimate of drug-likeness (QED) is 0.913. The zero-order valence-electron chi connectivity index (χ0n) is 10.6. The van der Waals surface area contributed by atoms with Crippen LogP contribution in [-0.2, 0) is 0 Å². The zero-order chi connectivity index (χ0) is 13.8. The van der Waals surface area contributed by atoms with Crippen molar-refractivity contribution in [3.8, 4) is 5.75 Å². The van der Waals surface area contributed by atoms with Crippen molar-refractivity contribution in [1.29, 1.82) is 0 Å². The standard InChI is InChI=1S/C14H14BrNO2S/c1-9(10-3-5-11(18-2)6-4-10)16-14(17)12-7-8-13(15)19-12/h3-9H,1-2H3,(H,16,17). The van der Waals surface area contributed by atoms with Crippen molar-refractivity contribution in [2.75, 3.05) is 7.11 Å². The second-order valence-electron chi connectivity index (χ2n) is 4.07. The minimum atomic E-state index is -0.0565. The number of carbonyl (C=O) groups is 1. The molecule has 1 N–H and O–H groups in total. The second-order valence-corrected chi connectivity index (χ2v) is 6.54. The maximum Gasteiger partial charge on any atom is 0.261 e. The Labute approximate surface area is 124 Å². The number of hydrogen-bond donors (Lipinski definition) is 1. The highest BCUT2D eigenvalue weighted by molar-refractivity contribution is 9.11. The summed E-state index contributed by atoms with van der Waals surface area (Å²) in [5, 5.41) is 2.97. The van der Waals surface area contributed by atoms with Gasteiger partial charge in [-0.25, -0.2) is 0 Å². The number of amides is 1. The topological polar surface area (TPSA) is 38.3 Å². The van der Waals surface area contributed by atoms with Crippen molar-refractivity contribution in [3.05, 3.63) is 50.6 Å². The summed E-state index contributed by atoms with van der Waals surface area (Å²) in [6.45, 7) is 1.96. The van der Waals surface area contributed by atoms with Gasteiger partial charge in [0.2, 0.25) is 0 Å². The zero-order valence-corrected chi connectivity index (χ0v) is 13.0. The fraction of sp³-hybridized carbons (Fsp3) is 0.214. The summed E-state index contributed by atoms with van der Waals surface area (Å²) in [6.07, 6.45) is 0. The van der Waals surface area contributed by atoms with Crippen molar-refractivity contribution in [2.24, 2.45) is 0 Å². The summed E-state index contributed by atoms with van der Waals surface area (Å²) in [6, 6.07) is 11.3. The predicted octanol–water partition coefficient (Wildman–Crippen LogP) is 4.01. The lowest BCUT2D eigenvalue weighted by Gasteiger charge is -2.14. The lowest BCUT2D eigenvalue weighted by molar-refractivity contribution is 0.0944. The molecule has 1 aromatic carbocycles. The van der Waals surface area contributed by atoms with Crippen LogP contribution in [-0.4, -0.2) is 13.0 Å². The van der Waals surface area contributed by atoms with E-state index in [0.717, 1.165) is 15.1 Å². The van der Waals surface area contributed by atoms with Gasteiger partial charge in [0.1, 0.15) is 5.75 Å². The molecule has 1 heterocycles. The van der Waals surface area contributed by atoms with E-state index in [1.165, 1.54) is 11.3 Å². The Hall–Kier alpha value is -1.33. The number of nitrogens with one attached hydrogen (secondary N) is 1. The van der Waals surface area contributed by atoms with Gasteiger partial charge < -0.3 is 10.1 Å². The third kappa shape index (κ3) is 3.58. The van der Waals surface area contributed by atoms with Gasteiger partial charge in [-0.15, -0.1) is 11.3 Å². The Morgan fingerprint density at radius 3 is 2.47 bits per heavy atom. The fourth-order valence-corrected chi connectivity index (χ4v) is 2.97. The van der Waals surface area contributed by atoms with E-state index < -0.39 is 0 Å². The third-order valence-electron chi connectivity index (χ3n) is 2.76. The van der Waals surface area contributed by atoms with Gasteiger partial charge in [0, 0.05) is 0 Å².